The maximum Gasteiger partial charge on any atom is 0.237 e. The van der Waals surface area contributed by atoms with Crippen molar-refractivity contribution >= 4 is 23.4 Å². The zero-order valence-corrected chi connectivity index (χ0v) is 16.6. The van der Waals surface area contributed by atoms with Crippen LogP contribution in [0.5, 0.6) is 0 Å². The van der Waals surface area contributed by atoms with E-state index in [1.807, 2.05) is 12.1 Å². The van der Waals surface area contributed by atoms with E-state index in [-0.39, 0.29) is 23.9 Å². The number of fused-ring (bicyclic) bond motifs is 1. The first-order valence-electron chi connectivity index (χ1n) is 9.50. The van der Waals surface area contributed by atoms with Crippen molar-refractivity contribution in [2.45, 2.75) is 30.7 Å². The topological polar surface area (TPSA) is 33.2 Å². The second-order valence-electron chi connectivity index (χ2n) is 6.97. The van der Waals surface area contributed by atoms with Gasteiger partial charge >= 0.3 is 0 Å². The molecule has 29 heavy (non-hydrogen) atoms. The molecule has 1 aromatic heterocycles. The van der Waals surface area contributed by atoms with E-state index < -0.39 is 11.6 Å². The molecule has 0 saturated heterocycles. The number of nitrogens with zero attached hydrogens (tertiary/aromatic N) is 2. The summed E-state index contributed by atoms with van der Waals surface area (Å²) in [6.45, 7) is 0.118. The van der Waals surface area contributed by atoms with Crippen molar-refractivity contribution in [2.24, 2.45) is 0 Å². The largest absolute Gasteiger partial charge is 0.303 e. The van der Waals surface area contributed by atoms with Crippen molar-refractivity contribution < 1.29 is 13.6 Å². The second-order valence-corrected chi connectivity index (χ2v) is 8.02. The van der Waals surface area contributed by atoms with Gasteiger partial charge in [0, 0.05) is 17.2 Å². The van der Waals surface area contributed by atoms with Crippen molar-refractivity contribution in [1.29, 1.82) is 0 Å². The predicted octanol–water partition coefficient (Wildman–Crippen LogP) is 5.17. The number of aromatic nitrogens is 1. The number of rotatable bonds is 6. The molecule has 1 amide bonds. The molecular weight excluding hydrogens is 390 g/mol. The fourth-order valence-electron chi connectivity index (χ4n) is 3.52. The number of amides is 1. The minimum Gasteiger partial charge on any atom is -0.303 e. The Bertz CT molecular complexity index is 1030. The van der Waals surface area contributed by atoms with Gasteiger partial charge in [0.05, 0.1) is 23.7 Å². The molecule has 0 atom stereocenters. The summed E-state index contributed by atoms with van der Waals surface area (Å²) in [4.78, 5) is 19.6. The predicted molar refractivity (Wildman–Crippen MR) is 111 cm³/mol. The molecule has 0 saturated carbocycles. The van der Waals surface area contributed by atoms with Crippen LogP contribution in [0.15, 0.2) is 65.7 Å². The van der Waals surface area contributed by atoms with Gasteiger partial charge < -0.3 is 4.90 Å². The second kappa shape index (κ2) is 8.74. The fourth-order valence-corrected chi connectivity index (χ4v) is 4.36. The Morgan fingerprint density at radius 1 is 1.03 bits per heavy atom. The summed E-state index contributed by atoms with van der Waals surface area (Å²) >= 11 is 1.43. The molecule has 0 fully saturated rings. The average Bonchev–Trinajstić information content (AvgIpc) is 3.19. The molecule has 4 rings (SSSR count). The summed E-state index contributed by atoms with van der Waals surface area (Å²) in [7, 11) is 0. The van der Waals surface area contributed by atoms with Gasteiger partial charge in [0.15, 0.2) is 0 Å². The molecule has 0 unspecified atom stereocenters. The molecule has 3 aromatic rings. The lowest BCUT2D eigenvalue weighted by Gasteiger charge is -2.23. The number of hydrogen-bond acceptors (Lipinski definition) is 3. The standard InChI is InChI=1S/C23H20F2N2OS/c24-18-8-10-22(21(25)13-18)27(14-19-6-1-2-11-26-19)23(28)15-29-20-9-7-16-4-3-5-17(16)12-20/h1-2,6-13H,3-5,14-15H2. The molecule has 0 spiro atoms. The van der Waals surface area contributed by atoms with Gasteiger partial charge in [-0.05, 0) is 66.8 Å². The number of anilines is 1. The maximum atomic E-state index is 14.4. The van der Waals surface area contributed by atoms with Gasteiger partial charge in [-0.15, -0.1) is 11.8 Å². The summed E-state index contributed by atoms with van der Waals surface area (Å²) in [6.07, 6.45) is 4.98. The molecule has 6 heteroatoms. The monoisotopic (exact) mass is 410 g/mol. The smallest absolute Gasteiger partial charge is 0.237 e. The minimum atomic E-state index is -0.767. The highest BCUT2D eigenvalue weighted by molar-refractivity contribution is 8.00. The van der Waals surface area contributed by atoms with E-state index in [9.17, 15) is 13.6 Å². The van der Waals surface area contributed by atoms with Gasteiger partial charge in [0.1, 0.15) is 11.6 Å². The summed E-state index contributed by atoms with van der Waals surface area (Å²) in [5.74, 6) is -1.55. The van der Waals surface area contributed by atoms with E-state index in [1.165, 1.54) is 40.3 Å². The van der Waals surface area contributed by atoms with Crippen LogP contribution in [0.1, 0.15) is 23.2 Å². The quantitative estimate of drug-likeness (QED) is 0.526. The highest BCUT2D eigenvalue weighted by atomic mass is 32.2. The van der Waals surface area contributed by atoms with Gasteiger partial charge in [-0.1, -0.05) is 12.1 Å². The first kappa shape index (κ1) is 19.6. The minimum absolute atomic E-state index is 0.0524. The summed E-state index contributed by atoms with van der Waals surface area (Å²) in [6, 6.07) is 14.9. The number of aryl methyl sites for hydroxylation is 2. The van der Waals surface area contributed by atoms with Crippen molar-refractivity contribution in [3.63, 3.8) is 0 Å². The van der Waals surface area contributed by atoms with Crippen LogP contribution in [-0.4, -0.2) is 16.6 Å². The highest BCUT2D eigenvalue weighted by Crippen LogP contribution is 2.29. The van der Waals surface area contributed by atoms with E-state index in [2.05, 4.69) is 17.1 Å². The van der Waals surface area contributed by atoms with Gasteiger partial charge in [0.25, 0.3) is 0 Å². The fraction of sp³-hybridized carbons (Fsp3) is 0.217. The zero-order valence-electron chi connectivity index (χ0n) is 15.8. The van der Waals surface area contributed by atoms with Gasteiger partial charge in [0.2, 0.25) is 5.91 Å². The molecular formula is C23H20F2N2OS. The maximum absolute atomic E-state index is 14.4. The molecule has 1 heterocycles. The molecule has 148 valence electrons. The van der Waals surface area contributed by atoms with Crippen LogP contribution < -0.4 is 4.90 Å². The number of thioether (sulfide) groups is 1. The van der Waals surface area contributed by atoms with Crippen LogP contribution in [0.25, 0.3) is 0 Å². The Labute approximate surface area is 172 Å². The van der Waals surface area contributed by atoms with E-state index in [0.29, 0.717) is 5.69 Å². The molecule has 0 N–H and O–H groups in total. The molecule has 1 aliphatic rings. The van der Waals surface area contributed by atoms with Crippen molar-refractivity contribution in [2.75, 3.05) is 10.7 Å². The third-order valence-electron chi connectivity index (χ3n) is 4.98. The first-order chi connectivity index (χ1) is 14.1. The number of halogens is 2. The molecule has 0 radical (unpaired) electrons. The van der Waals surface area contributed by atoms with Crippen LogP contribution in [0.4, 0.5) is 14.5 Å². The average molecular weight is 410 g/mol. The molecule has 1 aliphatic carbocycles. The van der Waals surface area contributed by atoms with Gasteiger partial charge in [-0.3, -0.25) is 9.78 Å². The van der Waals surface area contributed by atoms with Gasteiger partial charge in [-0.25, -0.2) is 8.78 Å². The third kappa shape index (κ3) is 4.65. The van der Waals surface area contributed by atoms with Crippen molar-refractivity contribution in [3.8, 4) is 0 Å². The summed E-state index contributed by atoms with van der Waals surface area (Å²) in [5, 5.41) is 0. The Morgan fingerprint density at radius 2 is 1.90 bits per heavy atom. The van der Waals surface area contributed by atoms with Crippen LogP contribution in [0.3, 0.4) is 0 Å². The molecule has 0 bridgehead atoms. The molecule has 3 nitrogen and oxygen atoms in total. The lowest BCUT2D eigenvalue weighted by Crippen LogP contribution is -2.33. The molecule has 0 aliphatic heterocycles. The number of pyridine rings is 1. The van der Waals surface area contributed by atoms with Crippen LogP contribution >= 0.6 is 11.8 Å². The number of hydrogen-bond donors (Lipinski definition) is 0. The normalized spacial score (nSPS) is 12.6. The first-order valence-corrected chi connectivity index (χ1v) is 10.5. The van der Waals surface area contributed by atoms with Crippen molar-refractivity contribution in [1.82, 2.24) is 4.98 Å². The van der Waals surface area contributed by atoms with E-state index in [0.717, 1.165) is 29.9 Å². The number of carbonyl (C=O) groups excluding carboxylic acids is 1. The third-order valence-corrected chi connectivity index (χ3v) is 5.96. The van der Waals surface area contributed by atoms with E-state index in [1.54, 1.807) is 18.3 Å². The zero-order chi connectivity index (χ0) is 20.2. The van der Waals surface area contributed by atoms with Crippen LogP contribution in [0.2, 0.25) is 0 Å². The van der Waals surface area contributed by atoms with Crippen LogP contribution in [-0.2, 0) is 24.2 Å². The lowest BCUT2D eigenvalue weighted by molar-refractivity contribution is -0.116. The molecule has 2 aromatic carbocycles. The Hall–Kier alpha value is -2.73. The Morgan fingerprint density at radius 3 is 2.69 bits per heavy atom. The Kier molecular flexibility index (Phi) is 5.90. The summed E-state index contributed by atoms with van der Waals surface area (Å²) < 4.78 is 27.8. The van der Waals surface area contributed by atoms with E-state index >= 15 is 0 Å². The number of carbonyl (C=O) groups is 1. The number of benzene rings is 2. The highest BCUT2D eigenvalue weighted by Gasteiger charge is 2.21. The SMILES string of the molecule is O=C(CSc1ccc2c(c1)CCC2)N(Cc1ccccn1)c1ccc(F)cc1F. The van der Waals surface area contributed by atoms with Crippen molar-refractivity contribution in [3.05, 3.63) is 89.2 Å². The van der Waals surface area contributed by atoms with Gasteiger partial charge in [-0.2, -0.15) is 0 Å². The Balaban J connectivity index is 1.54. The lowest BCUT2D eigenvalue weighted by atomic mass is 10.1. The van der Waals surface area contributed by atoms with Crippen LogP contribution in [0, 0.1) is 11.6 Å². The van der Waals surface area contributed by atoms with E-state index in [4.69, 9.17) is 0 Å². The summed E-state index contributed by atoms with van der Waals surface area (Å²) in [5.41, 5.74) is 3.41.